The molecule has 8 heteroatoms. The van der Waals surface area contributed by atoms with Crippen molar-refractivity contribution in [2.24, 2.45) is 5.73 Å². The Morgan fingerprint density at radius 1 is 1.19 bits per heavy atom. The molecule has 0 amide bonds. The fraction of sp³-hybridized carbons (Fsp3) is 0.263. The highest BCUT2D eigenvalue weighted by Crippen LogP contribution is 2.31. The largest absolute Gasteiger partial charge is 0.334 e. The molecule has 2 heterocycles. The highest BCUT2D eigenvalue weighted by Gasteiger charge is 2.28. The minimum atomic E-state index is -3.20. The third-order valence-electron chi connectivity index (χ3n) is 4.70. The van der Waals surface area contributed by atoms with E-state index in [0.29, 0.717) is 36.9 Å². The highest BCUT2D eigenvalue weighted by molar-refractivity contribution is 7.93. The lowest BCUT2D eigenvalue weighted by Gasteiger charge is -2.17. The molecule has 0 bridgehead atoms. The second-order valence-electron chi connectivity index (χ2n) is 6.57. The van der Waals surface area contributed by atoms with Gasteiger partial charge < -0.3 is 10.3 Å². The van der Waals surface area contributed by atoms with Crippen LogP contribution in [0.2, 0.25) is 0 Å². The van der Waals surface area contributed by atoms with E-state index in [1.165, 1.54) is 4.31 Å². The van der Waals surface area contributed by atoms with Crippen LogP contribution in [0, 0.1) is 6.92 Å². The Labute approximate surface area is 157 Å². The smallest absolute Gasteiger partial charge is 0.258 e. The summed E-state index contributed by atoms with van der Waals surface area (Å²) < 4.78 is 31.1. The maximum absolute atomic E-state index is 12.1. The fourth-order valence-electron chi connectivity index (χ4n) is 3.21. The number of nitrogens with zero attached hydrogens (tertiary/aromatic N) is 3. The van der Waals surface area contributed by atoms with Crippen molar-refractivity contribution in [1.29, 1.82) is 0 Å². The van der Waals surface area contributed by atoms with E-state index in [4.69, 9.17) is 10.3 Å². The summed E-state index contributed by atoms with van der Waals surface area (Å²) >= 11 is 0. The van der Waals surface area contributed by atoms with Crippen molar-refractivity contribution in [3.8, 4) is 22.8 Å². The second kappa shape index (κ2) is 6.79. The third kappa shape index (κ3) is 3.33. The minimum Gasteiger partial charge on any atom is -0.334 e. The lowest BCUT2D eigenvalue weighted by molar-refractivity contribution is 0.432. The second-order valence-corrected chi connectivity index (χ2v) is 8.58. The standard InChI is InChI=1S/C19H20N4O3S/c1-13-11-16(23-9-2-10-27(23,24)25)7-8-17(13)19-21-18(22-26-19)15-5-3-14(12-20)4-6-15/h3-8,11H,2,9-10,12,20H2,1H3. The Kier molecular flexibility index (Phi) is 4.45. The van der Waals surface area contributed by atoms with Gasteiger partial charge in [0, 0.05) is 24.2 Å². The van der Waals surface area contributed by atoms with Gasteiger partial charge in [-0.25, -0.2) is 8.42 Å². The molecule has 7 nitrogen and oxygen atoms in total. The van der Waals surface area contributed by atoms with Gasteiger partial charge in [-0.1, -0.05) is 29.4 Å². The van der Waals surface area contributed by atoms with Crippen molar-refractivity contribution < 1.29 is 12.9 Å². The van der Waals surface area contributed by atoms with Crippen LogP contribution in [0.5, 0.6) is 0 Å². The van der Waals surface area contributed by atoms with Gasteiger partial charge in [-0.2, -0.15) is 4.98 Å². The molecular weight excluding hydrogens is 364 g/mol. The van der Waals surface area contributed by atoms with E-state index in [1.807, 2.05) is 43.3 Å². The zero-order valence-corrected chi connectivity index (χ0v) is 15.7. The first kappa shape index (κ1) is 17.7. The molecule has 1 aliphatic rings. The van der Waals surface area contributed by atoms with Crippen LogP contribution in [0.4, 0.5) is 5.69 Å². The lowest BCUT2D eigenvalue weighted by atomic mass is 10.1. The lowest BCUT2D eigenvalue weighted by Crippen LogP contribution is -2.25. The number of anilines is 1. The summed E-state index contributed by atoms with van der Waals surface area (Å²) in [5, 5.41) is 4.06. The van der Waals surface area contributed by atoms with Crippen LogP contribution in [0.25, 0.3) is 22.8 Å². The summed E-state index contributed by atoms with van der Waals surface area (Å²) in [6, 6.07) is 13.1. The predicted octanol–water partition coefficient (Wildman–Crippen LogP) is 2.71. The summed E-state index contributed by atoms with van der Waals surface area (Å²) in [5.74, 6) is 1.10. The van der Waals surface area contributed by atoms with E-state index in [2.05, 4.69) is 10.1 Å². The van der Waals surface area contributed by atoms with Gasteiger partial charge in [0.25, 0.3) is 5.89 Å². The van der Waals surface area contributed by atoms with Gasteiger partial charge in [-0.3, -0.25) is 4.31 Å². The van der Waals surface area contributed by atoms with Gasteiger partial charge in [0.05, 0.1) is 11.4 Å². The molecule has 0 radical (unpaired) electrons. The Morgan fingerprint density at radius 2 is 1.96 bits per heavy atom. The topological polar surface area (TPSA) is 102 Å². The van der Waals surface area contributed by atoms with Crippen molar-refractivity contribution in [2.75, 3.05) is 16.6 Å². The van der Waals surface area contributed by atoms with Gasteiger partial charge >= 0.3 is 0 Å². The van der Waals surface area contributed by atoms with Crippen molar-refractivity contribution in [3.05, 3.63) is 53.6 Å². The molecule has 27 heavy (non-hydrogen) atoms. The normalized spacial score (nSPS) is 16.0. The molecule has 2 aromatic carbocycles. The fourth-order valence-corrected chi connectivity index (χ4v) is 4.77. The van der Waals surface area contributed by atoms with E-state index in [1.54, 1.807) is 6.07 Å². The molecule has 0 spiro atoms. The van der Waals surface area contributed by atoms with Crippen molar-refractivity contribution in [3.63, 3.8) is 0 Å². The first-order valence-electron chi connectivity index (χ1n) is 8.72. The van der Waals surface area contributed by atoms with Crippen LogP contribution >= 0.6 is 0 Å². The SMILES string of the molecule is Cc1cc(N2CCCS2(=O)=O)ccc1-c1nc(-c2ccc(CN)cc2)no1. The number of hydrogen-bond acceptors (Lipinski definition) is 6. The number of benzene rings is 2. The Morgan fingerprint density at radius 3 is 2.59 bits per heavy atom. The molecule has 3 aromatic rings. The van der Waals surface area contributed by atoms with Crippen LogP contribution in [0.15, 0.2) is 47.0 Å². The van der Waals surface area contributed by atoms with Crippen LogP contribution in [0.3, 0.4) is 0 Å². The number of hydrogen-bond donors (Lipinski definition) is 1. The minimum absolute atomic E-state index is 0.198. The van der Waals surface area contributed by atoms with Gasteiger partial charge in [-0.05, 0) is 42.7 Å². The summed E-state index contributed by atoms with van der Waals surface area (Å²) in [4.78, 5) is 4.48. The Hall–Kier alpha value is -2.71. The molecule has 0 saturated carbocycles. The zero-order chi connectivity index (χ0) is 19.0. The first-order valence-corrected chi connectivity index (χ1v) is 10.3. The molecule has 4 rings (SSSR count). The van der Waals surface area contributed by atoms with Crippen LogP contribution < -0.4 is 10.0 Å². The number of sulfonamides is 1. The van der Waals surface area contributed by atoms with E-state index in [-0.39, 0.29) is 5.75 Å². The molecule has 140 valence electrons. The number of aromatic nitrogens is 2. The maximum atomic E-state index is 12.1. The van der Waals surface area contributed by atoms with Crippen molar-refractivity contribution >= 4 is 15.7 Å². The number of rotatable bonds is 4. The average Bonchev–Trinajstić information content (AvgIpc) is 3.28. The zero-order valence-electron chi connectivity index (χ0n) is 14.9. The Balaban J connectivity index is 1.63. The summed E-state index contributed by atoms with van der Waals surface area (Å²) in [7, 11) is -3.20. The molecule has 2 N–H and O–H groups in total. The average molecular weight is 384 g/mol. The molecular formula is C19H20N4O3S. The van der Waals surface area contributed by atoms with E-state index < -0.39 is 10.0 Å². The summed E-state index contributed by atoms with van der Waals surface area (Å²) in [6.45, 7) is 2.90. The van der Waals surface area contributed by atoms with Crippen LogP contribution in [0.1, 0.15) is 17.5 Å². The van der Waals surface area contributed by atoms with Crippen LogP contribution in [-0.2, 0) is 16.6 Å². The molecule has 1 saturated heterocycles. The van der Waals surface area contributed by atoms with Gasteiger partial charge in [0.2, 0.25) is 15.8 Å². The van der Waals surface area contributed by atoms with Crippen LogP contribution in [-0.4, -0.2) is 30.9 Å². The first-order chi connectivity index (χ1) is 13.0. The number of nitrogens with two attached hydrogens (primary N) is 1. The molecule has 0 aliphatic carbocycles. The van der Waals surface area contributed by atoms with E-state index in [0.717, 1.165) is 22.3 Å². The quantitative estimate of drug-likeness (QED) is 0.742. The molecule has 1 fully saturated rings. The van der Waals surface area contributed by atoms with Crippen molar-refractivity contribution in [2.45, 2.75) is 19.9 Å². The monoisotopic (exact) mass is 384 g/mol. The van der Waals surface area contributed by atoms with Gasteiger partial charge in [0.15, 0.2) is 0 Å². The van der Waals surface area contributed by atoms with Crippen molar-refractivity contribution in [1.82, 2.24) is 10.1 Å². The van der Waals surface area contributed by atoms with Gasteiger partial charge in [0.1, 0.15) is 0 Å². The Bertz CT molecular complexity index is 1070. The van der Waals surface area contributed by atoms with Gasteiger partial charge in [-0.15, -0.1) is 0 Å². The molecule has 0 unspecified atom stereocenters. The highest BCUT2D eigenvalue weighted by atomic mass is 32.2. The summed E-state index contributed by atoms with van der Waals surface area (Å²) in [5.41, 5.74) is 9.83. The molecule has 1 aliphatic heterocycles. The molecule has 0 atom stereocenters. The summed E-state index contributed by atoms with van der Waals surface area (Å²) in [6.07, 6.45) is 0.652. The molecule has 1 aromatic heterocycles. The number of aryl methyl sites for hydroxylation is 1. The maximum Gasteiger partial charge on any atom is 0.258 e. The third-order valence-corrected chi connectivity index (χ3v) is 6.57. The van der Waals surface area contributed by atoms with E-state index in [9.17, 15) is 8.42 Å². The van der Waals surface area contributed by atoms with E-state index >= 15 is 0 Å². The predicted molar refractivity (Wildman–Crippen MR) is 104 cm³/mol.